The molecule has 1 aliphatic heterocycles. The van der Waals surface area contributed by atoms with Gasteiger partial charge in [-0.1, -0.05) is 17.7 Å². The van der Waals surface area contributed by atoms with E-state index in [1.54, 1.807) is 0 Å². The smallest absolute Gasteiger partial charge is 0.0657 e. The van der Waals surface area contributed by atoms with Gasteiger partial charge in [-0.2, -0.15) is 5.26 Å². The van der Waals surface area contributed by atoms with Gasteiger partial charge in [0, 0.05) is 17.8 Å². The van der Waals surface area contributed by atoms with Gasteiger partial charge in [-0.15, -0.1) is 0 Å². The highest BCUT2D eigenvalue weighted by atomic mass is 15.2. The molecule has 1 unspecified atom stereocenters. The molecule has 1 heterocycles. The van der Waals surface area contributed by atoms with Gasteiger partial charge >= 0.3 is 0 Å². The minimum absolute atomic E-state index is 0.0681. The molecule has 1 aromatic carbocycles. The molecule has 0 saturated carbocycles. The molecule has 1 aromatic rings. The predicted molar refractivity (Wildman–Crippen MR) is 75.7 cm³/mol. The number of nitrogens with zero attached hydrogens (tertiary/aromatic N) is 2. The SMILES string of the molecule is Cc1ccc(N2CCC(C#N)CC2(C)C)c(C)c1. The van der Waals surface area contributed by atoms with Crippen molar-refractivity contribution in [3.05, 3.63) is 29.3 Å². The summed E-state index contributed by atoms with van der Waals surface area (Å²) in [6.45, 7) is 9.78. The van der Waals surface area contributed by atoms with E-state index in [4.69, 9.17) is 5.26 Å². The molecule has 0 aliphatic carbocycles. The summed E-state index contributed by atoms with van der Waals surface area (Å²) >= 11 is 0. The van der Waals surface area contributed by atoms with E-state index in [0.717, 1.165) is 19.4 Å². The van der Waals surface area contributed by atoms with Crippen molar-refractivity contribution in [2.24, 2.45) is 5.92 Å². The molecule has 1 saturated heterocycles. The standard InChI is InChI=1S/C16H22N2/c1-12-5-6-15(13(2)9-12)18-8-7-14(11-17)10-16(18,3)4/h5-6,9,14H,7-8,10H2,1-4H3. The maximum absolute atomic E-state index is 9.10. The number of aryl methyl sites for hydroxylation is 2. The van der Waals surface area contributed by atoms with E-state index in [0.29, 0.717) is 0 Å². The average molecular weight is 242 g/mol. The van der Waals surface area contributed by atoms with Crippen LogP contribution in [0.15, 0.2) is 18.2 Å². The summed E-state index contributed by atoms with van der Waals surface area (Å²) < 4.78 is 0. The van der Waals surface area contributed by atoms with Gasteiger partial charge in [0.25, 0.3) is 0 Å². The maximum atomic E-state index is 9.10. The molecule has 2 nitrogen and oxygen atoms in total. The van der Waals surface area contributed by atoms with Crippen molar-refractivity contribution in [2.75, 3.05) is 11.4 Å². The molecule has 0 bridgehead atoms. The van der Waals surface area contributed by atoms with Crippen LogP contribution in [0.25, 0.3) is 0 Å². The normalized spacial score (nSPS) is 22.6. The van der Waals surface area contributed by atoms with E-state index < -0.39 is 0 Å². The Bertz CT molecular complexity index is 482. The summed E-state index contributed by atoms with van der Waals surface area (Å²) in [5.74, 6) is 0.210. The lowest BCUT2D eigenvalue weighted by Crippen LogP contribution is -2.50. The van der Waals surface area contributed by atoms with Crippen molar-refractivity contribution in [2.45, 2.75) is 46.1 Å². The number of rotatable bonds is 1. The third-order valence-corrected chi connectivity index (χ3v) is 4.00. The first-order valence-electron chi connectivity index (χ1n) is 6.68. The summed E-state index contributed by atoms with van der Waals surface area (Å²) in [7, 11) is 0. The highest BCUT2D eigenvalue weighted by molar-refractivity contribution is 5.56. The largest absolute Gasteiger partial charge is 0.366 e. The Morgan fingerprint density at radius 2 is 2.06 bits per heavy atom. The number of hydrogen-bond donors (Lipinski definition) is 0. The molecular weight excluding hydrogens is 220 g/mol. The van der Waals surface area contributed by atoms with Crippen LogP contribution in [-0.4, -0.2) is 12.1 Å². The molecule has 1 atom stereocenters. The Morgan fingerprint density at radius 1 is 1.33 bits per heavy atom. The second-order valence-corrected chi connectivity index (χ2v) is 6.07. The lowest BCUT2D eigenvalue weighted by Gasteiger charge is -2.46. The van der Waals surface area contributed by atoms with Crippen molar-refractivity contribution >= 4 is 5.69 Å². The maximum Gasteiger partial charge on any atom is 0.0657 e. The number of anilines is 1. The summed E-state index contributed by atoms with van der Waals surface area (Å²) in [6.07, 6.45) is 1.93. The Kier molecular flexibility index (Phi) is 3.34. The van der Waals surface area contributed by atoms with Crippen LogP contribution in [0.5, 0.6) is 0 Å². The average Bonchev–Trinajstić information content (AvgIpc) is 2.29. The molecule has 0 spiro atoms. The molecule has 2 heteroatoms. The van der Waals surface area contributed by atoms with Crippen molar-refractivity contribution in [3.63, 3.8) is 0 Å². The fraction of sp³-hybridized carbons (Fsp3) is 0.562. The van der Waals surface area contributed by atoms with Crippen LogP contribution in [-0.2, 0) is 0 Å². The molecule has 1 aliphatic rings. The number of nitriles is 1. The monoisotopic (exact) mass is 242 g/mol. The van der Waals surface area contributed by atoms with Gasteiger partial charge in [-0.3, -0.25) is 0 Å². The van der Waals surface area contributed by atoms with E-state index in [-0.39, 0.29) is 11.5 Å². The van der Waals surface area contributed by atoms with Crippen molar-refractivity contribution in [3.8, 4) is 6.07 Å². The molecule has 96 valence electrons. The third kappa shape index (κ3) is 2.36. The van der Waals surface area contributed by atoms with E-state index in [9.17, 15) is 0 Å². The number of benzene rings is 1. The van der Waals surface area contributed by atoms with E-state index in [1.807, 2.05) is 0 Å². The summed E-state index contributed by atoms with van der Waals surface area (Å²) in [5, 5.41) is 9.10. The van der Waals surface area contributed by atoms with E-state index in [1.165, 1.54) is 16.8 Å². The molecule has 18 heavy (non-hydrogen) atoms. The zero-order chi connectivity index (χ0) is 13.3. The van der Waals surface area contributed by atoms with Crippen LogP contribution >= 0.6 is 0 Å². The Labute approximate surface area is 110 Å². The van der Waals surface area contributed by atoms with Gasteiger partial charge in [0.2, 0.25) is 0 Å². The number of piperidine rings is 1. The quantitative estimate of drug-likeness (QED) is 0.748. The lowest BCUT2D eigenvalue weighted by atomic mass is 9.82. The summed E-state index contributed by atoms with van der Waals surface area (Å²) in [6, 6.07) is 9.06. The highest BCUT2D eigenvalue weighted by Gasteiger charge is 2.35. The zero-order valence-electron chi connectivity index (χ0n) is 11.8. The predicted octanol–water partition coefficient (Wildman–Crippen LogP) is 3.82. The lowest BCUT2D eigenvalue weighted by molar-refractivity contribution is 0.315. The Balaban J connectivity index is 2.31. The van der Waals surface area contributed by atoms with Crippen molar-refractivity contribution in [1.29, 1.82) is 5.26 Å². The van der Waals surface area contributed by atoms with Gasteiger partial charge in [-0.25, -0.2) is 0 Å². The van der Waals surface area contributed by atoms with Crippen LogP contribution in [0.1, 0.15) is 37.8 Å². The zero-order valence-corrected chi connectivity index (χ0v) is 11.8. The fourth-order valence-corrected chi connectivity index (χ4v) is 3.07. The molecule has 0 amide bonds. The van der Waals surface area contributed by atoms with Crippen molar-refractivity contribution < 1.29 is 0 Å². The van der Waals surface area contributed by atoms with Gasteiger partial charge in [0.1, 0.15) is 0 Å². The molecule has 0 aromatic heterocycles. The van der Waals surface area contributed by atoms with E-state index >= 15 is 0 Å². The molecule has 2 rings (SSSR count). The Morgan fingerprint density at radius 3 is 2.61 bits per heavy atom. The summed E-state index contributed by atoms with van der Waals surface area (Å²) in [4.78, 5) is 2.47. The minimum atomic E-state index is 0.0681. The van der Waals surface area contributed by atoms with Crippen molar-refractivity contribution in [1.82, 2.24) is 0 Å². The Hall–Kier alpha value is -1.49. The van der Waals surface area contributed by atoms with Crippen LogP contribution in [0, 0.1) is 31.1 Å². The molecular formula is C16H22N2. The molecule has 0 N–H and O–H groups in total. The highest BCUT2D eigenvalue weighted by Crippen LogP contribution is 2.36. The first kappa shape index (κ1) is 13.0. The topological polar surface area (TPSA) is 27.0 Å². The van der Waals surface area contributed by atoms with Crippen LogP contribution in [0.3, 0.4) is 0 Å². The number of hydrogen-bond acceptors (Lipinski definition) is 2. The van der Waals surface area contributed by atoms with Crippen LogP contribution < -0.4 is 4.90 Å². The van der Waals surface area contributed by atoms with Gasteiger partial charge < -0.3 is 4.90 Å². The van der Waals surface area contributed by atoms with Gasteiger partial charge in [0.05, 0.1) is 12.0 Å². The third-order valence-electron chi connectivity index (χ3n) is 4.00. The minimum Gasteiger partial charge on any atom is -0.366 e. The first-order chi connectivity index (χ1) is 8.44. The van der Waals surface area contributed by atoms with Gasteiger partial charge in [-0.05, 0) is 52.2 Å². The second-order valence-electron chi connectivity index (χ2n) is 6.07. The second kappa shape index (κ2) is 4.65. The van der Waals surface area contributed by atoms with Gasteiger partial charge in [0.15, 0.2) is 0 Å². The van der Waals surface area contributed by atoms with Crippen LogP contribution in [0.2, 0.25) is 0 Å². The molecule has 1 fully saturated rings. The summed E-state index contributed by atoms with van der Waals surface area (Å²) in [5.41, 5.74) is 4.03. The van der Waals surface area contributed by atoms with E-state index in [2.05, 4.69) is 56.9 Å². The van der Waals surface area contributed by atoms with Crippen LogP contribution in [0.4, 0.5) is 5.69 Å². The fourth-order valence-electron chi connectivity index (χ4n) is 3.07. The molecule has 0 radical (unpaired) electrons. The first-order valence-corrected chi connectivity index (χ1v) is 6.68.